The summed E-state index contributed by atoms with van der Waals surface area (Å²) in [6.07, 6.45) is 8.49. The van der Waals surface area contributed by atoms with E-state index in [1.807, 2.05) is 19.1 Å². The molecule has 4 aromatic heterocycles. The number of pyridine rings is 3. The van der Waals surface area contributed by atoms with Crippen molar-refractivity contribution < 1.29 is 16.0 Å². The van der Waals surface area contributed by atoms with Crippen LogP contribution in [0, 0.1) is 6.92 Å². The summed E-state index contributed by atoms with van der Waals surface area (Å²) in [4.78, 5) is 30.7. The third-order valence-corrected chi connectivity index (χ3v) is 6.91. The first-order valence-corrected chi connectivity index (χ1v) is 12.1. The average Bonchev–Trinajstić information content (AvgIpc) is 3.27. The lowest BCUT2D eigenvalue weighted by Gasteiger charge is -2.16. The second-order valence-electron chi connectivity index (χ2n) is 8.19. The third-order valence-electron chi connectivity index (χ3n) is 5.77. The fourth-order valence-corrected chi connectivity index (χ4v) is 5.01. The number of anilines is 1. The minimum Gasteiger partial charge on any atom is -0.494 e. The highest BCUT2D eigenvalue weighted by Gasteiger charge is 2.20. The van der Waals surface area contributed by atoms with Gasteiger partial charge in [0.2, 0.25) is 0 Å². The quantitative estimate of drug-likeness (QED) is 0.352. The molecule has 1 amide bonds. The van der Waals surface area contributed by atoms with Gasteiger partial charge < -0.3 is 9.84 Å². The van der Waals surface area contributed by atoms with Crippen LogP contribution >= 0.6 is 22.9 Å². The number of amides is 1. The minimum atomic E-state index is -0.390. The van der Waals surface area contributed by atoms with E-state index in [1.54, 1.807) is 18.3 Å². The fraction of sp³-hybridized carbons (Fsp3) is 0.240. The first-order valence-electron chi connectivity index (χ1n) is 11.6. The highest BCUT2D eigenvalue weighted by Crippen LogP contribution is 2.35. The van der Waals surface area contributed by atoms with Gasteiger partial charge in [-0.05, 0) is 50.0 Å². The molecule has 1 atom stereocenters. The Balaban J connectivity index is 1.45. The molecule has 0 radical (unpaired) electrons. The van der Waals surface area contributed by atoms with E-state index in [2.05, 4.69) is 25.3 Å². The summed E-state index contributed by atoms with van der Waals surface area (Å²) in [5.41, 5.74) is 4.77. The van der Waals surface area contributed by atoms with Gasteiger partial charge in [-0.15, -0.1) is 0 Å². The molecule has 4 aromatic rings. The molecule has 8 nitrogen and oxygen atoms in total. The number of rotatable bonds is 5. The summed E-state index contributed by atoms with van der Waals surface area (Å²) < 4.78 is 13.7. The van der Waals surface area contributed by atoms with Crippen LogP contribution in [0.5, 0.6) is 5.75 Å². The molecular formula is C25H22ClN5O3S. The number of aliphatic hydroxyl groups excluding tert-OH is 1. The standard InChI is InChI=1S/C25H22ClN5O3S/c1-13-7-16(17-8-23(26)29-12-21(17)34-2)18(10-27-13)24(33)31-25-30-20-11-28-19(9-22(20)35-25)14-3-5-15(32)6-4-14/h3,7-12,15,32H,4-6H2,1-2H3,(H,30,31,33)/i2D. The van der Waals surface area contributed by atoms with E-state index < -0.39 is 5.91 Å². The lowest BCUT2D eigenvalue weighted by Crippen LogP contribution is -2.14. The summed E-state index contributed by atoms with van der Waals surface area (Å²) in [5.74, 6) is -0.0457. The van der Waals surface area contributed by atoms with E-state index in [0.29, 0.717) is 45.2 Å². The van der Waals surface area contributed by atoms with E-state index in [9.17, 15) is 9.90 Å². The number of carbonyl (C=O) groups is 1. The van der Waals surface area contributed by atoms with E-state index in [1.165, 1.54) is 23.7 Å². The van der Waals surface area contributed by atoms with Crippen molar-refractivity contribution in [2.45, 2.75) is 32.3 Å². The number of allylic oxidation sites excluding steroid dienone is 1. The zero-order valence-electron chi connectivity index (χ0n) is 19.8. The van der Waals surface area contributed by atoms with Gasteiger partial charge in [0.25, 0.3) is 5.91 Å². The van der Waals surface area contributed by atoms with Crippen molar-refractivity contribution in [1.29, 1.82) is 0 Å². The summed E-state index contributed by atoms with van der Waals surface area (Å²) in [7, 11) is -0.304. The molecule has 1 unspecified atom stereocenters. The molecule has 0 fully saturated rings. The number of methoxy groups -OCH3 is 1. The highest BCUT2D eigenvalue weighted by molar-refractivity contribution is 7.22. The molecule has 0 saturated heterocycles. The molecule has 0 bridgehead atoms. The van der Waals surface area contributed by atoms with Gasteiger partial charge in [0.1, 0.15) is 16.4 Å². The van der Waals surface area contributed by atoms with E-state index >= 15 is 0 Å². The molecule has 0 spiro atoms. The molecule has 1 aliphatic carbocycles. The van der Waals surface area contributed by atoms with Crippen LogP contribution in [0.15, 0.2) is 42.9 Å². The van der Waals surface area contributed by atoms with Crippen LogP contribution in [0.1, 0.15) is 42.4 Å². The Bertz CT molecular complexity index is 1490. The predicted molar refractivity (Wildman–Crippen MR) is 137 cm³/mol. The maximum absolute atomic E-state index is 13.3. The van der Waals surface area contributed by atoms with Crippen LogP contribution in [0.3, 0.4) is 0 Å². The Labute approximate surface area is 212 Å². The van der Waals surface area contributed by atoms with E-state index in [0.717, 1.165) is 28.8 Å². The van der Waals surface area contributed by atoms with Crippen LogP contribution in [0.2, 0.25) is 5.15 Å². The van der Waals surface area contributed by atoms with Gasteiger partial charge in [0.15, 0.2) is 5.13 Å². The number of halogens is 1. The van der Waals surface area contributed by atoms with Crippen molar-refractivity contribution in [3.63, 3.8) is 0 Å². The number of aryl methyl sites for hydroxylation is 1. The molecule has 0 saturated carbocycles. The second-order valence-corrected chi connectivity index (χ2v) is 9.60. The SMILES string of the molecule is [2H]COc1cnc(Cl)cc1-c1cc(C)ncc1C(=O)Nc1nc2cnc(C3=CCC(O)CC3)cc2s1. The number of hydrogen-bond acceptors (Lipinski definition) is 8. The molecule has 4 heterocycles. The molecule has 0 aromatic carbocycles. The Morgan fingerprint density at radius 1 is 1.23 bits per heavy atom. The topological polar surface area (TPSA) is 110 Å². The molecular weight excluding hydrogens is 486 g/mol. The Hall–Kier alpha value is -3.40. The maximum atomic E-state index is 13.3. The van der Waals surface area contributed by atoms with Crippen LogP contribution in [0.25, 0.3) is 26.9 Å². The van der Waals surface area contributed by atoms with Gasteiger partial charge in [0.05, 0.1) is 42.9 Å². The van der Waals surface area contributed by atoms with Gasteiger partial charge in [0, 0.05) is 23.0 Å². The zero-order chi connectivity index (χ0) is 25.2. The van der Waals surface area contributed by atoms with Crippen molar-refractivity contribution in [1.82, 2.24) is 19.9 Å². The predicted octanol–water partition coefficient (Wildman–Crippen LogP) is 5.30. The summed E-state index contributed by atoms with van der Waals surface area (Å²) in [6.45, 7) is 1.82. The lowest BCUT2D eigenvalue weighted by molar-refractivity contribution is 0.102. The van der Waals surface area contributed by atoms with Crippen LogP contribution in [-0.2, 0) is 0 Å². The van der Waals surface area contributed by atoms with Crippen molar-refractivity contribution in [2.75, 3.05) is 12.4 Å². The van der Waals surface area contributed by atoms with Crippen molar-refractivity contribution >= 4 is 49.8 Å². The molecule has 2 N–H and O–H groups in total. The number of nitrogens with one attached hydrogen (secondary N) is 1. The average molecular weight is 509 g/mol. The van der Waals surface area contributed by atoms with Crippen LogP contribution < -0.4 is 10.1 Å². The normalized spacial score (nSPS) is 16.0. The largest absolute Gasteiger partial charge is 0.494 e. The fourth-order valence-electron chi connectivity index (χ4n) is 3.98. The number of aromatic nitrogens is 4. The Morgan fingerprint density at radius 3 is 2.91 bits per heavy atom. The summed E-state index contributed by atoms with van der Waals surface area (Å²) >= 11 is 7.49. The van der Waals surface area contributed by atoms with E-state index in [4.69, 9.17) is 17.7 Å². The molecule has 0 aliphatic heterocycles. The monoisotopic (exact) mass is 508 g/mol. The van der Waals surface area contributed by atoms with Gasteiger partial charge in [-0.2, -0.15) is 0 Å². The zero-order valence-corrected chi connectivity index (χ0v) is 20.4. The van der Waals surface area contributed by atoms with Gasteiger partial charge in [-0.3, -0.25) is 20.1 Å². The number of thiazole rings is 1. The van der Waals surface area contributed by atoms with Crippen LogP contribution in [0.4, 0.5) is 5.13 Å². The van der Waals surface area contributed by atoms with Gasteiger partial charge >= 0.3 is 0 Å². The number of fused-ring (bicyclic) bond motifs is 1. The van der Waals surface area contributed by atoms with Gasteiger partial charge in [-0.25, -0.2) is 9.97 Å². The van der Waals surface area contributed by atoms with E-state index in [-0.39, 0.29) is 18.3 Å². The number of hydrogen-bond donors (Lipinski definition) is 2. The third kappa shape index (κ3) is 4.88. The number of ether oxygens (including phenoxy) is 1. The molecule has 1 aliphatic rings. The minimum absolute atomic E-state index is 0.236. The second kappa shape index (κ2) is 9.69. The van der Waals surface area contributed by atoms with Crippen LogP contribution in [-0.4, -0.2) is 44.1 Å². The smallest absolute Gasteiger partial charge is 0.259 e. The Kier molecular flexibility index (Phi) is 6.12. The van der Waals surface area contributed by atoms with Crippen molar-refractivity contribution in [2.24, 2.45) is 0 Å². The summed E-state index contributed by atoms with van der Waals surface area (Å²) in [5, 5.41) is 13.3. The number of aliphatic hydroxyl groups is 1. The number of nitrogens with zero attached hydrogens (tertiary/aromatic N) is 4. The highest BCUT2D eigenvalue weighted by atomic mass is 35.5. The van der Waals surface area contributed by atoms with Crippen molar-refractivity contribution in [3.05, 3.63) is 65.0 Å². The lowest BCUT2D eigenvalue weighted by atomic mass is 9.95. The molecule has 178 valence electrons. The first kappa shape index (κ1) is 22.1. The first-order chi connectivity index (χ1) is 17.4. The maximum Gasteiger partial charge on any atom is 0.259 e. The molecule has 5 rings (SSSR count). The summed E-state index contributed by atoms with van der Waals surface area (Å²) in [6, 6.07) is 5.33. The number of carbonyl (C=O) groups excluding carboxylic acids is 1. The van der Waals surface area contributed by atoms with Gasteiger partial charge in [-0.1, -0.05) is 29.0 Å². The van der Waals surface area contributed by atoms with Crippen molar-refractivity contribution in [3.8, 4) is 16.9 Å². The molecule has 35 heavy (non-hydrogen) atoms. The Morgan fingerprint density at radius 2 is 2.11 bits per heavy atom. The molecule has 10 heteroatoms.